The van der Waals surface area contributed by atoms with Gasteiger partial charge in [0.05, 0.1) is 34.7 Å². The average Bonchev–Trinajstić information content (AvgIpc) is 3.70. The molecule has 0 spiro atoms. The number of H-pyrrole nitrogens is 2. The normalized spacial score (nSPS) is 15.7. The van der Waals surface area contributed by atoms with E-state index in [1.54, 1.807) is 28.5 Å². The number of hydrogen-bond acceptors (Lipinski definition) is 6. The zero-order valence-electron chi connectivity index (χ0n) is 19.9. The molecule has 0 atom stereocenters. The smallest absolute Gasteiger partial charge is 0.261 e. The van der Waals surface area contributed by atoms with Crippen molar-refractivity contribution < 1.29 is 13.2 Å². The highest BCUT2D eigenvalue weighted by atomic mass is 32.1. The summed E-state index contributed by atoms with van der Waals surface area (Å²) in [7, 11) is 0. The highest BCUT2D eigenvalue weighted by molar-refractivity contribution is 7.08. The monoisotopic (exact) mass is 531 g/mol. The van der Waals surface area contributed by atoms with Crippen LogP contribution in [0.25, 0.3) is 55.8 Å². The van der Waals surface area contributed by atoms with Crippen molar-refractivity contribution in [2.45, 2.75) is 18.9 Å². The van der Waals surface area contributed by atoms with Crippen LogP contribution in [-0.4, -0.2) is 54.0 Å². The van der Waals surface area contributed by atoms with Gasteiger partial charge < -0.3 is 4.98 Å². The predicted molar refractivity (Wildman–Crippen MR) is 140 cm³/mol. The van der Waals surface area contributed by atoms with Crippen molar-refractivity contribution in [3.05, 3.63) is 71.1 Å². The van der Waals surface area contributed by atoms with Crippen molar-refractivity contribution in [1.29, 1.82) is 0 Å². The maximum atomic E-state index is 16.0. The molecule has 1 aromatic carbocycles. The van der Waals surface area contributed by atoms with E-state index in [0.717, 1.165) is 22.2 Å². The van der Waals surface area contributed by atoms with Crippen LogP contribution in [0.15, 0.2) is 59.7 Å². The highest BCUT2D eigenvalue weighted by Crippen LogP contribution is 2.35. The van der Waals surface area contributed by atoms with Crippen LogP contribution < -0.4 is 0 Å². The van der Waals surface area contributed by atoms with Gasteiger partial charge in [0.2, 0.25) is 0 Å². The van der Waals surface area contributed by atoms with E-state index in [-0.39, 0.29) is 24.0 Å². The molecule has 6 heterocycles. The van der Waals surface area contributed by atoms with Crippen molar-refractivity contribution in [3.63, 3.8) is 0 Å². The SMILES string of the molecule is Fc1c(-c2cncc(CN3CCC(F)(F)C3)c2)ncc2[nH]nc(-c3nc4c(-c5ccsc5)cccc4[nH]3)c12. The number of benzene rings is 1. The molecule has 0 aliphatic carbocycles. The first-order valence-electron chi connectivity index (χ1n) is 12.0. The van der Waals surface area contributed by atoms with Crippen LogP contribution in [0.3, 0.4) is 0 Å². The Bertz CT molecular complexity index is 1790. The van der Waals surface area contributed by atoms with Crippen molar-refractivity contribution >= 4 is 33.3 Å². The standard InChI is InChI=1S/C27H20F3N7S/c28-22-21-20(11-32-23(22)17-8-15(9-31-10-17)12-37-6-5-27(29,30)14-37)35-36-25(21)26-33-19-3-1-2-18(24(19)34-26)16-4-7-38-13-16/h1-4,7-11,13H,5-6,12,14H2,(H,33,34)(H,35,36). The first kappa shape index (κ1) is 23.1. The van der Waals surface area contributed by atoms with Crippen LogP contribution in [0.2, 0.25) is 0 Å². The summed E-state index contributed by atoms with van der Waals surface area (Å²) >= 11 is 1.61. The van der Waals surface area contributed by atoms with Crippen molar-refractivity contribution in [2.75, 3.05) is 13.1 Å². The van der Waals surface area contributed by atoms with E-state index >= 15 is 4.39 Å². The zero-order chi connectivity index (χ0) is 25.9. The number of halogens is 3. The molecule has 1 aliphatic rings. The van der Waals surface area contributed by atoms with Crippen LogP contribution in [0.1, 0.15) is 12.0 Å². The van der Waals surface area contributed by atoms with Gasteiger partial charge >= 0.3 is 0 Å². The molecule has 1 fully saturated rings. The van der Waals surface area contributed by atoms with Gasteiger partial charge in [-0.2, -0.15) is 16.4 Å². The van der Waals surface area contributed by atoms with Crippen LogP contribution in [0, 0.1) is 5.82 Å². The summed E-state index contributed by atoms with van der Waals surface area (Å²) in [5.41, 5.74) is 5.70. The van der Waals surface area contributed by atoms with E-state index in [9.17, 15) is 8.78 Å². The number of nitrogens with zero attached hydrogens (tertiary/aromatic N) is 5. The van der Waals surface area contributed by atoms with E-state index in [2.05, 4.69) is 30.5 Å². The van der Waals surface area contributed by atoms with Crippen molar-refractivity contribution in [3.8, 4) is 33.9 Å². The number of likely N-dealkylation sites (tertiary alicyclic amines) is 1. The lowest BCUT2D eigenvalue weighted by atomic mass is 10.1. The second-order valence-corrected chi connectivity index (χ2v) is 10.3. The van der Waals surface area contributed by atoms with Gasteiger partial charge in [0, 0.05) is 43.0 Å². The van der Waals surface area contributed by atoms with Crippen molar-refractivity contribution in [2.24, 2.45) is 0 Å². The molecule has 1 aliphatic heterocycles. The van der Waals surface area contributed by atoms with Gasteiger partial charge in [-0.15, -0.1) is 0 Å². The Labute approximate surface area is 218 Å². The first-order valence-corrected chi connectivity index (χ1v) is 13.0. The Hall–Kier alpha value is -4.09. The Balaban J connectivity index is 1.28. The molecular weight excluding hydrogens is 511 g/mol. The molecule has 0 saturated carbocycles. The van der Waals surface area contributed by atoms with Gasteiger partial charge in [-0.3, -0.25) is 20.0 Å². The number of thiophene rings is 1. The maximum Gasteiger partial charge on any atom is 0.261 e. The van der Waals surface area contributed by atoms with Gasteiger partial charge in [-0.05, 0) is 40.1 Å². The second-order valence-electron chi connectivity index (χ2n) is 9.48. The molecule has 0 bridgehead atoms. The van der Waals surface area contributed by atoms with Gasteiger partial charge in [-0.1, -0.05) is 12.1 Å². The summed E-state index contributed by atoms with van der Waals surface area (Å²) in [5.74, 6) is -2.80. The fourth-order valence-electron chi connectivity index (χ4n) is 5.05. The topological polar surface area (TPSA) is 86.4 Å². The number of aromatic nitrogens is 6. The molecule has 190 valence electrons. The average molecular weight is 532 g/mol. The molecule has 7 rings (SSSR count). The maximum absolute atomic E-state index is 16.0. The number of hydrogen-bond donors (Lipinski definition) is 2. The van der Waals surface area contributed by atoms with Gasteiger partial charge in [-0.25, -0.2) is 18.2 Å². The van der Waals surface area contributed by atoms with Crippen LogP contribution >= 0.6 is 11.3 Å². The fourth-order valence-corrected chi connectivity index (χ4v) is 5.70. The summed E-state index contributed by atoms with van der Waals surface area (Å²) in [6.07, 6.45) is 4.50. The number of aromatic amines is 2. The Kier molecular flexibility index (Phi) is 5.31. The number of imidazole rings is 1. The van der Waals surface area contributed by atoms with E-state index in [1.807, 2.05) is 29.6 Å². The third-order valence-electron chi connectivity index (χ3n) is 6.84. The molecule has 6 aromatic rings. The highest BCUT2D eigenvalue weighted by Gasteiger charge is 2.38. The molecule has 0 amide bonds. The van der Waals surface area contributed by atoms with Crippen LogP contribution in [-0.2, 0) is 6.54 Å². The third-order valence-corrected chi connectivity index (χ3v) is 7.52. The van der Waals surface area contributed by atoms with Crippen LogP contribution in [0.5, 0.6) is 0 Å². The zero-order valence-corrected chi connectivity index (χ0v) is 20.7. The number of fused-ring (bicyclic) bond motifs is 2. The number of alkyl halides is 2. The molecule has 38 heavy (non-hydrogen) atoms. The molecule has 1 saturated heterocycles. The first-order chi connectivity index (χ1) is 18.4. The minimum Gasteiger partial charge on any atom is -0.337 e. The van der Waals surface area contributed by atoms with Gasteiger partial charge in [0.25, 0.3) is 5.92 Å². The molecule has 5 aromatic heterocycles. The summed E-state index contributed by atoms with van der Waals surface area (Å²) in [5, 5.41) is 11.5. The lowest BCUT2D eigenvalue weighted by Gasteiger charge is -2.15. The Morgan fingerprint density at radius 2 is 1.97 bits per heavy atom. The summed E-state index contributed by atoms with van der Waals surface area (Å²) in [4.78, 5) is 18.3. The molecule has 0 unspecified atom stereocenters. The van der Waals surface area contributed by atoms with Gasteiger partial charge in [0.15, 0.2) is 11.6 Å². The largest absolute Gasteiger partial charge is 0.337 e. The second kappa shape index (κ2) is 8.74. The molecular formula is C27H20F3N7S. The number of nitrogens with one attached hydrogen (secondary N) is 2. The lowest BCUT2D eigenvalue weighted by Crippen LogP contribution is -2.24. The molecule has 0 radical (unpaired) electrons. The van der Waals surface area contributed by atoms with E-state index < -0.39 is 11.7 Å². The fraction of sp³-hybridized carbons (Fsp3) is 0.185. The van der Waals surface area contributed by atoms with E-state index in [0.29, 0.717) is 41.3 Å². The Morgan fingerprint density at radius 3 is 2.79 bits per heavy atom. The summed E-state index contributed by atoms with van der Waals surface area (Å²) in [6.45, 7) is 0.322. The van der Waals surface area contributed by atoms with Crippen LogP contribution in [0.4, 0.5) is 13.2 Å². The number of para-hydroxylation sites is 1. The third kappa shape index (κ3) is 3.95. The lowest BCUT2D eigenvalue weighted by molar-refractivity contribution is 0.0115. The molecule has 7 nitrogen and oxygen atoms in total. The van der Waals surface area contributed by atoms with E-state index in [1.165, 1.54) is 12.4 Å². The summed E-state index contributed by atoms with van der Waals surface area (Å²) in [6, 6.07) is 9.66. The number of pyridine rings is 2. The summed E-state index contributed by atoms with van der Waals surface area (Å²) < 4.78 is 43.3. The Morgan fingerprint density at radius 1 is 1.05 bits per heavy atom. The number of rotatable bonds is 5. The molecule has 2 N–H and O–H groups in total. The minimum absolute atomic E-state index is 0.108. The minimum atomic E-state index is -2.68. The predicted octanol–water partition coefficient (Wildman–Crippen LogP) is 6.27. The van der Waals surface area contributed by atoms with E-state index in [4.69, 9.17) is 4.98 Å². The van der Waals surface area contributed by atoms with Crippen molar-refractivity contribution in [1.82, 2.24) is 35.0 Å². The quantitative estimate of drug-likeness (QED) is 0.274. The van der Waals surface area contributed by atoms with Gasteiger partial charge in [0.1, 0.15) is 11.4 Å². The molecule has 11 heteroatoms.